The summed E-state index contributed by atoms with van der Waals surface area (Å²) in [4.78, 5) is 32.1. The van der Waals surface area contributed by atoms with Crippen LogP contribution in [0.1, 0.15) is 24.4 Å². The van der Waals surface area contributed by atoms with Crippen LogP contribution in [0.3, 0.4) is 0 Å². The first-order chi connectivity index (χ1) is 15.5. The van der Waals surface area contributed by atoms with E-state index in [1.165, 1.54) is 37.2 Å². The minimum Gasteiger partial charge on any atom is -0.360 e. The zero-order valence-electron chi connectivity index (χ0n) is 17.4. The molecular formula is C19H16ClF3N8O2. The molecule has 3 aromatic heterocycles. The molecule has 10 nitrogen and oxygen atoms in total. The fraction of sp³-hybridized carbons (Fsp3) is 0.263. The fourth-order valence-electron chi connectivity index (χ4n) is 3.32. The van der Waals surface area contributed by atoms with Gasteiger partial charge in [-0.05, 0) is 25.1 Å². The van der Waals surface area contributed by atoms with E-state index in [4.69, 9.17) is 11.6 Å². The van der Waals surface area contributed by atoms with E-state index in [0.717, 1.165) is 21.4 Å². The first kappa shape index (κ1) is 22.5. The maximum atomic E-state index is 13.4. The highest BCUT2D eigenvalue weighted by molar-refractivity contribution is 6.35. The van der Waals surface area contributed by atoms with Gasteiger partial charge in [0, 0.05) is 25.5 Å². The van der Waals surface area contributed by atoms with Crippen LogP contribution < -0.4 is 16.6 Å². The number of nitrogens with one attached hydrogen (secondary N) is 1. The van der Waals surface area contributed by atoms with Gasteiger partial charge in [0.1, 0.15) is 12.1 Å². The summed E-state index contributed by atoms with van der Waals surface area (Å²) >= 11 is 6.11. The number of benzene rings is 1. The lowest BCUT2D eigenvalue weighted by Crippen LogP contribution is -2.25. The molecule has 3 heterocycles. The van der Waals surface area contributed by atoms with Crippen LogP contribution in [-0.2, 0) is 20.3 Å². The highest BCUT2D eigenvalue weighted by Gasteiger charge is 2.32. The second-order valence-corrected chi connectivity index (χ2v) is 7.61. The van der Waals surface area contributed by atoms with Crippen LogP contribution >= 0.6 is 11.6 Å². The first-order valence-electron chi connectivity index (χ1n) is 9.46. The maximum Gasteiger partial charge on any atom is 0.416 e. The second kappa shape index (κ2) is 7.99. The zero-order chi connectivity index (χ0) is 24.1. The number of fused-ring (bicyclic) bond motifs is 1. The molecule has 0 radical (unpaired) electrons. The Morgan fingerprint density at radius 1 is 1.15 bits per heavy atom. The fourth-order valence-corrected chi connectivity index (χ4v) is 3.66. The van der Waals surface area contributed by atoms with Crippen LogP contribution in [0, 0.1) is 0 Å². The average molecular weight is 481 g/mol. The minimum atomic E-state index is -4.65. The lowest BCUT2D eigenvalue weighted by Gasteiger charge is -2.18. The molecule has 0 bridgehead atoms. The van der Waals surface area contributed by atoms with E-state index in [9.17, 15) is 22.8 Å². The third-order valence-electron chi connectivity index (χ3n) is 4.95. The molecule has 0 aliphatic rings. The van der Waals surface area contributed by atoms with Gasteiger partial charge in [0.25, 0.3) is 5.56 Å². The van der Waals surface area contributed by atoms with Gasteiger partial charge in [0.2, 0.25) is 0 Å². The normalized spacial score (nSPS) is 12.8. The number of aryl methyl sites for hydroxylation is 2. The van der Waals surface area contributed by atoms with E-state index >= 15 is 0 Å². The molecule has 14 heteroatoms. The van der Waals surface area contributed by atoms with Gasteiger partial charge in [0.15, 0.2) is 11.6 Å². The van der Waals surface area contributed by atoms with E-state index in [0.29, 0.717) is 11.6 Å². The Labute approximate surface area is 188 Å². The molecule has 0 saturated heterocycles. The molecule has 4 aromatic rings. The lowest BCUT2D eigenvalue weighted by molar-refractivity contribution is -0.137. The number of hydrogen-bond donors (Lipinski definition) is 1. The summed E-state index contributed by atoms with van der Waals surface area (Å²) in [6.45, 7) is 1.66. The molecular weight excluding hydrogens is 465 g/mol. The number of nitrogens with zero attached hydrogens (tertiary/aromatic N) is 7. The molecule has 0 spiro atoms. The molecule has 0 saturated carbocycles. The summed E-state index contributed by atoms with van der Waals surface area (Å²) in [6.07, 6.45) is -3.39. The van der Waals surface area contributed by atoms with Crippen molar-refractivity contribution in [2.45, 2.75) is 19.1 Å². The number of aromatic nitrogens is 7. The summed E-state index contributed by atoms with van der Waals surface area (Å²) in [7, 11) is 2.84. The van der Waals surface area contributed by atoms with E-state index in [1.807, 2.05) is 0 Å². The van der Waals surface area contributed by atoms with Crippen molar-refractivity contribution in [3.05, 3.63) is 67.8 Å². The molecule has 1 aromatic carbocycles. The summed E-state index contributed by atoms with van der Waals surface area (Å²) in [5.41, 5.74) is -1.91. The molecule has 0 unspecified atom stereocenters. The predicted molar refractivity (Wildman–Crippen MR) is 113 cm³/mol. The van der Waals surface area contributed by atoms with Crippen molar-refractivity contribution in [3.8, 4) is 5.82 Å². The van der Waals surface area contributed by atoms with Gasteiger partial charge in [-0.1, -0.05) is 11.6 Å². The average Bonchev–Trinajstić information content (AvgIpc) is 3.22. The van der Waals surface area contributed by atoms with Crippen LogP contribution in [0.5, 0.6) is 0 Å². The van der Waals surface area contributed by atoms with Crippen molar-refractivity contribution in [2.24, 2.45) is 14.1 Å². The SMILES string of the molecule is C[C@H](Nc1nc(=O)n(C)c2c(Cl)cc(C(F)(F)F)cc12)c1ncnn1-c1ccc(=O)n(C)n1. The maximum absolute atomic E-state index is 13.4. The molecule has 4 rings (SSSR count). The standard InChI is InChI=1S/C19H16ClF3N8O2/c1-9(17-24-8-25-31(17)13-4-5-14(32)30(3)28-13)26-16-11-6-10(19(21,22)23)7-12(20)15(11)29(2)18(33)27-16/h4-9H,1-3H3,(H,26,27,33)/t9-/m0/s1. The van der Waals surface area contributed by atoms with Gasteiger partial charge in [-0.25, -0.2) is 14.5 Å². The van der Waals surface area contributed by atoms with Crippen LogP contribution in [-0.4, -0.2) is 34.1 Å². The number of halogens is 4. The second-order valence-electron chi connectivity index (χ2n) is 7.20. The van der Waals surface area contributed by atoms with E-state index in [-0.39, 0.29) is 27.3 Å². The molecule has 0 amide bonds. The van der Waals surface area contributed by atoms with Gasteiger partial charge in [-0.15, -0.1) is 5.10 Å². The largest absolute Gasteiger partial charge is 0.416 e. The predicted octanol–water partition coefficient (Wildman–Crippen LogP) is 2.45. The zero-order valence-corrected chi connectivity index (χ0v) is 18.2. The molecule has 0 aliphatic heterocycles. The number of rotatable bonds is 4. The first-order valence-corrected chi connectivity index (χ1v) is 9.84. The Morgan fingerprint density at radius 3 is 2.55 bits per heavy atom. The molecule has 172 valence electrons. The van der Waals surface area contributed by atoms with Gasteiger partial charge in [0.05, 0.1) is 22.1 Å². The number of alkyl halides is 3. The number of hydrogen-bond acceptors (Lipinski definition) is 7. The summed E-state index contributed by atoms with van der Waals surface area (Å²) in [5.74, 6) is 0.508. The van der Waals surface area contributed by atoms with Crippen molar-refractivity contribution < 1.29 is 13.2 Å². The number of anilines is 1. The van der Waals surface area contributed by atoms with Crippen LogP contribution in [0.2, 0.25) is 5.02 Å². The van der Waals surface area contributed by atoms with Crippen molar-refractivity contribution in [1.29, 1.82) is 0 Å². The molecule has 1 N–H and O–H groups in total. The third-order valence-corrected chi connectivity index (χ3v) is 5.24. The van der Waals surface area contributed by atoms with Gasteiger partial charge in [-0.3, -0.25) is 9.36 Å². The smallest absolute Gasteiger partial charge is 0.360 e. The summed E-state index contributed by atoms with van der Waals surface area (Å²) in [5, 5.41) is 10.9. The summed E-state index contributed by atoms with van der Waals surface area (Å²) < 4.78 is 43.7. The van der Waals surface area contributed by atoms with Crippen molar-refractivity contribution >= 4 is 28.3 Å². The Kier molecular flexibility index (Phi) is 5.44. The quantitative estimate of drug-likeness (QED) is 0.477. The molecule has 1 atom stereocenters. The van der Waals surface area contributed by atoms with Gasteiger partial charge in [-0.2, -0.15) is 27.9 Å². The topological polar surface area (TPSA) is 113 Å². The van der Waals surface area contributed by atoms with E-state index in [1.54, 1.807) is 6.92 Å². The van der Waals surface area contributed by atoms with E-state index in [2.05, 4.69) is 25.5 Å². The Balaban J connectivity index is 1.82. The molecule has 33 heavy (non-hydrogen) atoms. The van der Waals surface area contributed by atoms with Crippen LogP contribution in [0.25, 0.3) is 16.7 Å². The Morgan fingerprint density at radius 2 is 1.88 bits per heavy atom. The Hall–Kier alpha value is -3.74. The van der Waals surface area contributed by atoms with Gasteiger partial charge >= 0.3 is 11.9 Å². The lowest BCUT2D eigenvalue weighted by atomic mass is 10.1. The van der Waals surface area contributed by atoms with Crippen molar-refractivity contribution in [2.75, 3.05) is 5.32 Å². The van der Waals surface area contributed by atoms with Crippen LogP contribution in [0.4, 0.5) is 19.0 Å². The third kappa shape index (κ3) is 4.06. The summed E-state index contributed by atoms with van der Waals surface area (Å²) in [6, 6.07) is 3.72. The molecule has 0 aliphatic carbocycles. The highest BCUT2D eigenvalue weighted by atomic mass is 35.5. The highest BCUT2D eigenvalue weighted by Crippen LogP contribution is 2.36. The minimum absolute atomic E-state index is 0.00933. The van der Waals surface area contributed by atoms with E-state index < -0.39 is 23.5 Å². The molecule has 0 fully saturated rings. The van der Waals surface area contributed by atoms with Crippen LogP contribution in [0.15, 0.2) is 40.2 Å². The monoisotopic (exact) mass is 480 g/mol. The van der Waals surface area contributed by atoms with Gasteiger partial charge < -0.3 is 5.32 Å². The van der Waals surface area contributed by atoms with Crippen molar-refractivity contribution in [3.63, 3.8) is 0 Å². The van der Waals surface area contributed by atoms with Crippen molar-refractivity contribution in [1.82, 2.24) is 34.1 Å². The Bertz CT molecular complexity index is 1490.